The summed E-state index contributed by atoms with van der Waals surface area (Å²) in [5.74, 6) is 0.218. The van der Waals surface area contributed by atoms with Crippen LogP contribution in [0.15, 0.2) is 47.3 Å². The fraction of sp³-hybridized carbons (Fsp3) is 0.0667. The van der Waals surface area contributed by atoms with E-state index in [0.29, 0.717) is 11.1 Å². The molecule has 1 aromatic heterocycles. The van der Waals surface area contributed by atoms with E-state index in [4.69, 9.17) is 0 Å². The third kappa shape index (κ3) is 1.87. The van der Waals surface area contributed by atoms with E-state index in [-0.39, 0.29) is 11.3 Å². The molecular weight excluding hydrogens is 240 g/mol. The fourth-order valence-electron chi connectivity index (χ4n) is 2.23. The van der Waals surface area contributed by atoms with Crippen LogP contribution in [0.5, 0.6) is 5.75 Å². The minimum absolute atomic E-state index is 0.198. The van der Waals surface area contributed by atoms with E-state index in [9.17, 15) is 9.90 Å². The number of hydrogen-bond acceptors (Lipinski definition) is 3. The number of aromatic hydroxyl groups is 1. The number of nitrogens with one attached hydrogen (secondary N) is 1. The summed E-state index contributed by atoms with van der Waals surface area (Å²) < 4.78 is 0. The number of H-pyrrole nitrogens is 1. The molecule has 0 aliphatic carbocycles. The van der Waals surface area contributed by atoms with Gasteiger partial charge in [-0.25, -0.2) is 5.10 Å². The topological polar surface area (TPSA) is 66.0 Å². The molecule has 0 aliphatic heterocycles. The van der Waals surface area contributed by atoms with Gasteiger partial charge in [0, 0.05) is 10.9 Å². The maximum Gasteiger partial charge on any atom is 0.272 e. The van der Waals surface area contributed by atoms with Crippen LogP contribution >= 0.6 is 0 Å². The molecule has 0 saturated heterocycles. The van der Waals surface area contributed by atoms with E-state index in [1.807, 2.05) is 25.1 Å². The number of phenolic OH excluding ortho intramolecular Hbond substituents is 1. The summed E-state index contributed by atoms with van der Waals surface area (Å²) in [6, 6.07) is 12.4. The molecule has 3 aromatic rings. The van der Waals surface area contributed by atoms with E-state index < -0.39 is 0 Å². The van der Waals surface area contributed by atoms with Crippen LogP contribution in [0.25, 0.3) is 22.0 Å². The Hall–Kier alpha value is -2.62. The average molecular weight is 252 g/mol. The number of hydrogen-bond donors (Lipinski definition) is 2. The largest absolute Gasteiger partial charge is 0.508 e. The Bertz CT molecular complexity index is 822. The van der Waals surface area contributed by atoms with Crippen LogP contribution in [-0.4, -0.2) is 15.3 Å². The molecule has 0 radical (unpaired) electrons. The van der Waals surface area contributed by atoms with Gasteiger partial charge in [0.2, 0.25) is 0 Å². The van der Waals surface area contributed by atoms with Crippen LogP contribution < -0.4 is 5.56 Å². The van der Waals surface area contributed by atoms with E-state index in [2.05, 4.69) is 10.2 Å². The molecule has 0 aliphatic rings. The third-order valence-corrected chi connectivity index (χ3v) is 3.16. The van der Waals surface area contributed by atoms with Crippen LogP contribution in [0.3, 0.4) is 0 Å². The van der Waals surface area contributed by atoms with Gasteiger partial charge in [0.25, 0.3) is 5.56 Å². The third-order valence-electron chi connectivity index (χ3n) is 3.16. The normalized spacial score (nSPS) is 10.8. The van der Waals surface area contributed by atoms with E-state index in [1.54, 1.807) is 24.3 Å². The maximum atomic E-state index is 11.7. The molecule has 1 heterocycles. The number of aromatic amines is 1. The SMILES string of the molecule is Cc1cc(O)ccc1-c1n[nH]c(=O)c2ccccc12. The van der Waals surface area contributed by atoms with Gasteiger partial charge in [0.05, 0.1) is 11.1 Å². The van der Waals surface area contributed by atoms with Gasteiger partial charge >= 0.3 is 0 Å². The molecule has 2 N–H and O–H groups in total. The molecule has 3 rings (SSSR count). The fourth-order valence-corrected chi connectivity index (χ4v) is 2.23. The Morgan fingerprint density at radius 1 is 1.11 bits per heavy atom. The summed E-state index contributed by atoms with van der Waals surface area (Å²) in [6.07, 6.45) is 0. The van der Waals surface area contributed by atoms with Gasteiger partial charge < -0.3 is 5.11 Å². The molecule has 2 aromatic carbocycles. The predicted molar refractivity (Wildman–Crippen MR) is 74.2 cm³/mol. The molecule has 19 heavy (non-hydrogen) atoms. The van der Waals surface area contributed by atoms with Crippen LogP contribution in [0.4, 0.5) is 0 Å². The molecule has 0 fully saturated rings. The van der Waals surface area contributed by atoms with Crippen molar-refractivity contribution in [3.63, 3.8) is 0 Å². The van der Waals surface area contributed by atoms with Crippen LogP contribution in [0.2, 0.25) is 0 Å². The summed E-state index contributed by atoms with van der Waals surface area (Å²) in [7, 11) is 0. The summed E-state index contributed by atoms with van der Waals surface area (Å²) in [5, 5.41) is 17.5. The average Bonchev–Trinajstić information content (AvgIpc) is 2.41. The lowest BCUT2D eigenvalue weighted by atomic mass is 10.0. The zero-order valence-electron chi connectivity index (χ0n) is 10.3. The second-order valence-corrected chi connectivity index (χ2v) is 4.45. The standard InChI is InChI=1S/C15H12N2O2/c1-9-8-10(18)6-7-11(9)14-12-4-2-3-5-13(12)15(19)17-16-14/h2-8,18H,1H3,(H,17,19). The molecular formula is C15H12N2O2. The number of rotatable bonds is 1. The number of aromatic nitrogens is 2. The first-order chi connectivity index (χ1) is 9.16. The Morgan fingerprint density at radius 3 is 2.58 bits per heavy atom. The molecule has 94 valence electrons. The first kappa shape index (κ1) is 11.5. The first-order valence-corrected chi connectivity index (χ1v) is 5.94. The van der Waals surface area contributed by atoms with Gasteiger partial charge in [0.1, 0.15) is 5.75 Å². The number of aryl methyl sites for hydroxylation is 1. The molecule has 0 unspecified atom stereocenters. The highest BCUT2D eigenvalue weighted by Gasteiger charge is 2.10. The molecule has 0 amide bonds. The number of benzene rings is 2. The molecule has 0 saturated carbocycles. The van der Waals surface area contributed by atoms with Crippen molar-refractivity contribution >= 4 is 10.8 Å². The first-order valence-electron chi connectivity index (χ1n) is 5.94. The van der Waals surface area contributed by atoms with Crippen molar-refractivity contribution in [1.29, 1.82) is 0 Å². The van der Waals surface area contributed by atoms with Crippen LogP contribution in [0.1, 0.15) is 5.56 Å². The van der Waals surface area contributed by atoms with Gasteiger partial charge in [-0.1, -0.05) is 18.2 Å². The van der Waals surface area contributed by atoms with Gasteiger partial charge in [-0.15, -0.1) is 0 Å². The Balaban J connectivity index is 2.37. The lowest BCUT2D eigenvalue weighted by molar-refractivity contribution is 0.475. The molecule has 0 bridgehead atoms. The lowest BCUT2D eigenvalue weighted by Crippen LogP contribution is -2.09. The van der Waals surface area contributed by atoms with E-state index in [0.717, 1.165) is 16.5 Å². The Labute approximate surface area is 109 Å². The summed E-state index contributed by atoms with van der Waals surface area (Å²) in [6.45, 7) is 1.90. The Kier molecular flexibility index (Phi) is 2.56. The molecule has 4 heteroatoms. The zero-order chi connectivity index (χ0) is 13.4. The second kappa shape index (κ2) is 4.24. The van der Waals surface area contributed by atoms with Crippen LogP contribution in [-0.2, 0) is 0 Å². The van der Waals surface area contributed by atoms with Gasteiger partial charge in [0.15, 0.2) is 0 Å². The highest BCUT2D eigenvalue weighted by Crippen LogP contribution is 2.28. The summed E-state index contributed by atoms with van der Waals surface area (Å²) >= 11 is 0. The second-order valence-electron chi connectivity index (χ2n) is 4.45. The van der Waals surface area contributed by atoms with Crippen molar-refractivity contribution in [1.82, 2.24) is 10.2 Å². The monoisotopic (exact) mass is 252 g/mol. The predicted octanol–water partition coefficient (Wildman–Crippen LogP) is 2.60. The highest BCUT2D eigenvalue weighted by molar-refractivity contribution is 5.94. The smallest absolute Gasteiger partial charge is 0.272 e. The van der Waals surface area contributed by atoms with Crippen molar-refractivity contribution in [2.75, 3.05) is 0 Å². The van der Waals surface area contributed by atoms with Crippen molar-refractivity contribution < 1.29 is 5.11 Å². The Morgan fingerprint density at radius 2 is 1.84 bits per heavy atom. The van der Waals surface area contributed by atoms with Gasteiger partial charge in [-0.2, -0.15) is 5.10 Å². The molecule has 4 nitrogen and oxygen atoms in total. The van der Waals surface area contributed by atoms with Crippen molar-refractivity contribution in [2.24, 2.45) is 0 Å². The minimum Gasteiger partial charge on any atom is -0.508 e. The molecule has 0 spiro atoms. The van der Waals surface area contributed by atoms with Crippen molar-refractivity contribution in [3.8, 4) is 17.0 Å². The zero-order valence-corrected chi connectivity index (χ0v) is 10.3. The van der Waals surface area contributed by atoms with E-state index in [1.165, 1.54) is 0 Å². The van der Waals surface area contributed by atoms with Gasteiger partial charge in [-0.3, -0.25) is 4.79 Å². The molecule has 0 atom stereocenters. The highest BCUT2D eigenvalue weighted by atomic mass is 16.3. The number of nitrogens with zero attached hydrogens (tertiary/aromatic N) is 1. The van der Waals surface area contributed by atoms with Gasteiger partial charge in [-0.05, 0) is 36.8 Å². The minimum atomic E-state index is -0.198. The van der Waals surface area contributed by atoms with Crippen molar-refractivity contribution in [3.05, 3.63) is 58.4 Å². The van der Waals surface area contributed by atoms with Crippen molar-refractivity contribution in [2.45, 2.75) is 6.92 Å². The number of fused-ring (bicyclic) bond motifs is 1. The summed E-state index contributed by atoms with van der Waals surface area (Å²) in [5.41, 5.74) is 2.32. The maximum absolute atomic E-state index is 11.7. The van der Waals surface area contributed by atoms with E-state index >= 15 is 0 Å². The number of phenols is 1. The van der Waals surface area contributed by atoms with Crippen LogP contribution in [0, 0.1) is 6.92 Å². The quantitative estimate of drug-likeness (QED) is 0.699. The summed E-state index contributed by atoms with van der Waals surface area (Å²) in [4.78, 5) is 11.7. The lowest BCUT2D eigenvalue weighted by Gasteiger charge is -2.08.